The summed E-state index contributed by atoms with van der Waals surface area (Å²) in [4.78, 5) is 12.3. The molecule has 0 atom stereocenters. The molecule has 0 bridgehead atoms. The third-order valence-electron chi connectivity index (χ3n) is 4.31. The third-order valence-corrected chi connectivity index (χ3v) is 4.31. The first-order chi connectivity index (χ1) is 13.2. The van der Waals surface area contributed by atoms with Gasteiger partial charge in [0.15, 0.2) is 0 Å². The maximum Gasteiger partial charge on any atom is 0.340 e. The van der Waals surface area contributed by atoms with E-state index in [2.05, 4.69) is 0 Å². The molecule has 0 saturated heterocycles. The molecule has 4 rings (SSSR count). The van der Waals surface area contributed by atoms with E-state index < -0.39 is 0 Å². The molecule has 0 unspecified atom stereocenters. The lowest BCUT2D eigenvalue weighted by atomic mass is 10.0. The van der Waals surface area contributed by atoms with Gasteiger partial charge in [-0.05, 0) is 36.4 Å². The Morgan fingerprint density at radius 2 is 1.59 bits per heavy atom. The van der Waals surface area contributed by atoms with E-state index in [0.29, 0.717) is 22.6 Å². The molecule has 5 nitrogen and oxygen atoms in total. The summed E-state index contributed by atoms with van der Waals surface area (Å²) in [6.45, 7) is 0. The Kier molecular flexibility index (Phi) is 4.04. The van der Waals surface area contributed by atoms with Gasteiger partial charge < -0.3 is 9.15 Å². The summed E-state index contributed by atoms with van der Waals surface area (Å²) >= 11 is 0. The summed E-state index contributed by atoms with van der Waals surface area (Å²) in [5, 5.41) is 18.9. The highest BCUT2D eigenvalue weighted by atomic mass is 16.5. The van der Waals surface area contributed by atoms with Crippen LogP contribution in [0.1, 0.15) is 22.6 Å². The van der Waals surface area contributed by atoms with Crippen molar-refractivity contribution in [3.05, 3.63) is 93.9 Å². The van der Waals surface area contributed by atoms with E-state index in [0.717, 1.165) is 5.39 Å². The zero-order valence-corrected chi connectivity index (χ0v) is 14.0. The minimum Gasteiger partial charge on any atom is -0.457 e. The molecule has 1 aliphatic rings. The Morgan fingerprint density at radius 1 is 0.889 bits per heavy atom. The summed E-state index contributed by atoms with van der Waals surface area (Å²) < 4.78 is 11.2. The molecule has 1 aromatic heterocycles. The highest BCUT2D eigenvalue weighted by Gasteiger charge is 2.14. The summed E-state index contributed by atoms with van der Waals surface area (Å²) in [7, 11) is 0. The van der Waals surface area contributed by atoms with Crippen LogP contribution in [0.25, 0.3) is 11.0 Å². The van der Waals surface area contributed by atoms with Gasteiger partial charge in [0.05, 0.1) is 11.1 Å². The molecule has 0 fully saturated rings. The van der Waals surface area contributed by atoms with E-state index >= 15 is 0 Å². The molecule has 0 N–H and O–H groups in total. The van der Waals surface area contributed by atoms with Crippen LogP contribution in [0.5, 0.6) is 11.5 Å². The number of allylic oxidation sites excluding steroid dienone is 4. The maximum absolute atomic E-state index is 12.3. The van der Waals surface area contributed by atoms with Crippen molar-refractivity contribution >= 4 is 11.0 Å². The van der Waals surface area contributed by atoms with Gasteiger partial charge in [-0.2, -0.15) is 10.5 Å². The number of nitrogens with zero attached hydrogens (tertiary/aromatic N) is 2. The number of benzene rings is 2. The molecule has 0 spiro atoms. The lowest BCUT2D eigenvalue weighted by molar-refractivity contribution is 0.480. The van der Waals surface area contributed by atoms with Crippen LogP contribution < -0.4 is 10.4 Å². The fourth-order valence-corrected chi connectivity index (χ4v) is 2.96. The molecule has 128 valence electrons. The molecule has 0 saturated carbocycles. The number of hydrogen-bond acceptors (Lipinski definition) is 5. The Morgan fingerprint density at radius 3 is 2.33 bits per heavy atom. The van der Waals surface area contributed by atoms with Crippen LogP contribution in [0.3, 0.4) is 0 Å². The van der Waals surface area contributed by atoms with Crippen molar-refractivity contribution < 1.29 is 9.15 Å². The predicted octanol–water partition coefficient (Wildman–Crippen LogP) is 4.54. The summed E-state index contributed by atoms with van der Waals surface area (Å²) in [6, 6.07) is 15.6. The second-order valence-corrected chi connectivity index (χ2v) is 6.02. The van der Waals surface area contributed by atoms with Crippen LogP contribution in [-0.2, 0) is 0 Å². The molecule has 0 amide bonds. The quantitative estimate of drug-likeness (QED) is 0.646. The van der Waals surface area contributed by atoms with E-state index in [-0.39, 0.29) is 22.7 Å². The normalized spacial score (nSPS) is 12.8. The van der Waals surface area contributed by atoms with Gasteiger partial charge >= 0.3 is 5.63 Å². The van der Waals surface area contributed by atoms with E-state index in [1.807, 2.05) is 48.6 Å². The molecular weight excluding hydrogens is 340 g/mol. The smallest absolute Gasteiger partial charge is 0.340 e. The molecule has 5 heteroatoms. The molecule has 27 heavy (non-hydrogen) atoms. The topological polar surface area (TPSA) is 87.0 Å². The van der Waals surface area contributed by atoms with Gasteiger partial charge in [0.1, 0.15) is 29.2 Å². The Labute approximate surface area is 154 Å². The first kappa shape index (κ1) is 16.4. The van der Waals surface area contributed by atoms with Crippen molar-refractivity contribution in [2.75, 3.05) is 0 Å². The van der Waals surface area contributed by atoms with Crippen LogP contribution in [0.2, 0.25) is 0 Å². The minimum atomic E-state index is -0.383. The van der Waals surface area contributed by atoms with Gasteiger partial charge in [0.2, 0.25) is 0 Å². The summed E-state index contributed by atoms with van der Waals surface area (Å²) in [6.07, 6.45) is 7.68. The second-order valence-electron chi connectivity index (χ2n) is 6.02. The third kappa shape index (κ3) is 3.10. The van der Waals surface area contributed by atoms with Gasteiger partial charge in [-0.1, -0.05) is 24.3 Å². The Hall–Kier alpha value is -4.09. The first-order valence-corrected chi connectivity index (χ1v) is 8.23. The SMILES string of the molecule is N#Cc1ccc(Oc2ccc3cc(C4C=CC=C4)c(=O)oc3c2)cc1C#N. The Bertz CT molecular complexity index is 1240. The lowest BCUT2D eigenvalue weighted by Gasteiger charge is -2.09. The highest BCUT2D eigenvalue weighted by molar-refractivity contribution is 5.79. The summed E-state index contributed by atoms with van der Waals surface area (Å²) in [5.74, 6) is 0.822. The van der Waals surface area contributed by atoms with E-state index in [1.165, 1.54) is 12.1 Å². The molecular formula is C22H12N2O3. The largest absolute Gasteiger partial charge is 0.457 e. The standard InChI is InChI=1S/C22H12N2O3/c23-12-16-6-8-18(9-17(16)13-24)26-19-7-5-15-10-20(14-3-1-2-4-14)22(25)27-21(15)11-19/h1-11,14H. The average molecular weight is 352 g/mol. The van der Waals surface area contributed by atoms with Crippen molar-refractivity contribution in [2.24, 2.45) is 0 Å². The molecule has 0 radical (unpaired) electrons. The van der Waals surface area contributed by atoms with E-state index in [4.69, 9.17) is 19.7 Å². The van der Waals surface area contributed by atoms with Crippen LogP contribution in [0.15, 0.2) is 76.0 Å². The van der Waals surface area contributed by atoms with Gasteiger partial charge in [-0.15, -0.1) is 0 Å². The minimum absolute atomic E-state index is 0.0652. The Balaban J connectivity index is 1.68. The molecule has 0 aliphatic heterocycles. The van der Waals surface area contributed by atoms with Crippen LogP contribution in [0, 0.1) is 22.7 Å². The van der Waals surface area contributed by atoms with Gasteiger partial charge in [0.25, 0.3) is 0 Å². The van der Waals surface area contributed by atoms with Gasteiger partial charge in [-0.3, -0.25) is 0 Å². The summed E-state index contributed by atoms with van der Waals surface area (Å²) in [5.41, 5.74) is 1.15. The van der Waals surface area contributed by atoms with Crippen molar-refractivity contribution in [1.29, 1.82) is 10.5 Å². The van der Waals surface area contributed by atoms with Crippen LogP contribution in [0.4, 0.5) is 0 Å². The molecule has 2 aromatic carbocycles. The number of rotatable bonds is 3. The molecule has 3 aromatic rings. The van der Waals surface area contributed by atoms with Gasteiger partial charge in [-0.25, -0.2) is 4.79 Å². The second kappa shape index (κ2) is 6.67. The van der Waals surface area contributed by atoms with Crippen LogP contribution in [-0.4, -0.2) is 0 Å². The number of fused-ring (bicyclic) bond motifs is 1. The van der Waals surface area contributed by atoms with E-state index in [1.54, 1.807) is 18.2 Å². The molecule has 1 heterocycles. The average Bonchev–Trinajstić information content (AvgIpc) is 3.21. The van der Waals surface area contributed by atoms with Gasteiger partial charge in [0, 0.05) is 22.9 Å². The first-order valence-electron chi connectivity index (χ1n) is 8.23. The van der Waals surface area contributed by atoms with Crippen molar-refractivity contribution in [1.82, 2.24) is 0 Å². The number of nitriles is 2. The zero-order valence-electron chi connectivity index (χ0n) is 14.0. The molecule has 1 aliphatic carbocycles. The van der Waals surface area contributed by atoms with Crippen molar-refractivity contribution in [3.8, 4) is 23.6 Å². The maximum atomic E-state index is 12.3. The van der Waals surface area contributed by atoms with E-state index in [9.17, 15) is 4.79 Å². The van der Waals surface area contributed by atoms with Crippen LogP contribution >= 0.6 is 0 Å². The number of hydrogen-bond donors (Lipinski definition) is 0. The fourth-order valence-electron chi connectivity index (χ4n) is 2.96. The predicted molar refractivity (Wildman–Crippen MR) is 99.5 cm³/mol. The fraction of sp³-hybridized carbons (Fsp3) is 0.0455. The van der Waals surface area contributed by atoms with Crippen molar-refractivity contribution in [2.45, 2.75) is 5.92 Å². The zero-order chi connectivity index (χ0) is 18.8. The highest BCUT2D eigenvalue weighted by Crippen LogP contribution is 2.29. The lowest BCUT2D eigenvalue weighted by Crippen LogP contribution is -2.09. The van der Waals surface area contributed by atoms with Crippen molar-refractivity contribution in [3.63, 3.8) is 0 Å². The monoisotopic (exact) mass is 352 g/mol. The number of ether oxygens (including phenoxy) is 1.